The predicted molar refractivity (Wildman–Crippen MR) is 70.5 cm³/mol. The van der Waals surface area contributed by atoms with Gasteiger partial charge in [-0.05, 0) is 12.3 Å². The Balaban J connectivity index is 2.73. The average molecular weight is 244 g/mol. The lowest BCUT2D eigenvalue weighted by atomic mass is 9.86. The van der Waals surface area contributed by atoms with E-state index in [1.54, 1.807) is 0 Å². The van der Waals surface area contributed by atoms with E-state index >= 15 is 0 Å². The van der Waals surface area contributed by atoms with E-state index in [0.29, 0.717) is 11.3 Å². The lowest BCUT2D eigenvalue weighted by molar-refractivity contribution is -0.136. The molecule has 3 unspecified atom stereocenters. The Kier molecular flexibility index (Phi) is 4.29. The van der Waals surface area contributed by atoms with Crippen molar-refractivity contribution in [1.82, 2.24) is 4.90 Å². The molecule has 0 aromatic rings. The van der Waals surface area contributed by atoms with Gasteiger partial charge >= 0.3 is 0 Å². The highest BCUT2D eigenvalue weighted by Gasteiger charge is 2.36. The van der Waals surface area contributed by atoms with Crippen molar-refractivity contribution in [3.05, 3.63) is 0 Å². The number of rotatable bonds is 1. The Morgan fingerprint density at radius 3 is 2.50 bits per heavy atom. The van der Waals surface area contributed by atoms with Gasteiger partial charge in [-0.3, -0.25) is 4.79 Å². The summed E-state index contributed by atoms with van der Waals surface area (Å²) in [6.45, 7) is 11.2. The summed E-state index contributed by atoms with van der Waals surface area (Å²) in [7, 11) is 0. The Morgan fingerprint density at radius 1 is 1.44 bits per heavy atom. The summed E-state index contributed by atoms with van der Waals surface area (Å²) >= 11 is 1.93. The van der Waals surface area contributed by atoms with Gasteiger partial charge in [-0.1, -0.05) is 27.7 Å². The zero-order chi connectivity index (χ0) is 12.5. The van der Waals surface area contributed by atoms with E-state index < -0.39 is 6.04 Å². The zero-order valence-electron chi connectivity index (χ0n) is 11.0. The highest BCUT2D eigenvalue weighted by atomic mass is 32.2. The fraction of sp³-hybridized carbons (Fsp3) is 0.917. The van der Waals surface area contributed by atoms with Crippen LogP contribution >= 0.6 is 11.8 Å². The minimum absolute atomic E-state index is 0.104. The Labute approximate surface area is 103 Å². The van der Waals surface area contributed by atoms with Crippen LogP contribution < -0.4 is 5.73 Å². The van der Waals surface area contributed by atoms with Crippen molar-refractivity contribution in [3.8, 4) is 0 Å². The van der Waals surface area contributed by atoms with Crippen LogP contribution in [-0.4, -0.2) is 40.4 Å². The molecule has 0 aliphatic carbocycles. The van der Waals surface area contributed by atoms with Crippen molar-refractivity contribution in [2.45, 2.75) is 52.0 Å². The summed E-state index contributed by atoms with van der Waals surface area (Å²) in [5, 5.41) is 0.505. The van der Waals surface area contributed by atoms with Crippen LogP contribution in [0.2, 0.25) is 0 Å². The fourth-order valence-electron chi connectivity index (χ4n) is 1.79. The SMILES string of the molecule is CC1SCCN(C(=O)C(N)C(C)(C)C)C1C. The molecular formula is C12H24N2OS. The summed E-state index contributed by atoms with van der Waals surface area (Å²) in [6, 6.07) is -0.107. The molecule has 1 rings (SSSR count). The third-order valence-electron chi connectivity index (χ3n) is 3.37. The maximum absolute atomic E-state index is 12.3. The van der Waals surface area contributed by atoms with E-state index in [1.165, 1.54) is 0 Å². The number of hydrogen-bond acceptors (Lipinski definition) is 3. The molecule has 1 aliphatic rings. The van der Waals surface area contributed by atoms with Crippen LogP contribution in [0.25, 0.3) is 0 Å². The second-order valence-electron chi connectivity index (χ2n) is 5.69. The monoisotopic (exact) mass is 244 g/mol. The van der Waals surface area contributed by atoms with Crippen molar-refractivity contribution < 1.29 is 4.79 Å². The third kappa shape index (κ3) is 2.92. The number of thioether (sulfide) groups is 1. The number of amides is 1. The van der Waals surface area contributed by atoms with Crippen LogP contribution in [0.15, 0.2) is 0 Å². The summed E-state index contributed by atoms with van der Waals surface area (Å²) in [5.41, 5.74) is 5.87. The topological polar surface area (TPSA) is 46.3 Å². The van der Waals surface area contributed by atoms with E-state index in [4.69, 9.17) is 5.73 Å². The maximum Gasteiger partial charge on any atom is 0.240 e. The number of carbonyl (C=O) groups is 1. The minimum atomic E-state index is -0.398. The van der Waals surface area contributed by atoms with Crippen LogP contribution in [-0.2, 0) is 4.79 Å². The zero-order valence-corrected chi connectivity index (χ0v) is 11.8. The smallest absolute Gasteiger partial charge is 0.240 e. The Hall–Kier alpha value is -0.220. The second kappa shape index (κ2) is 4.96. The largest absolute Gasteiger partial charge is 0.337 e. The number of nitrogens with zero attached hydrogens (tertiary/aromatic N) is 1. The van der Waals surface area contributed by atoms with Gasteiger partial charge in [-0.15, -0.1) is 0 Å². The van der Waals surface area contributed by atoms with E-state index in [0.717, 1.165) is 12.3 Å². The first-order valence-corrected chi connectivity index (χ1v) is 6.97. The van der Waals surface area contributed by atoms with Gasteiger partial charge in [0.15, 0.2) is 0 Å². The molecule has 94 valence electrons. The van der Waals surface area contributed by atoms with E-state index in [1.807, 2.05) is 37.4 Å². The molecule has 16 heavy (non-hydrogen) atoms. The molecule has 1 saturated heterocycles. The van der Waals surface area contributed by atoms with E-state index in [2.05, 4.69) is 13.8 Å². The summed E-state index contributed by atoms with van der Waals surface area (Å²) in [5.74, 6) is 1.13. The molecule has 0 aromatic heterocycles. The lowest BCUT2D eigenvalue weighted by Crippen LogP contribution is -2.56. The van der Waals surface area contributed by atoms with Gasteiger partial charge in [-0.25, -0.2) is 0 Å². The summed E-state index contributed by atoms with van der Waals surface area (Å²) in [6.07, 6.45) is 0. The highest BCUT2D eigenvalue weighted by Crippen LogP contribution is 2.27. The quantitative estimate of drug-likeness (QED) is 0.764. The Morgan fingerprint density at radius 2 is 2.00 bits per heavy atom. The molecule has 0 aromatic carbocycles. The standard InChI is InChI=1S/C12H24N2OS/c1-8-9(2)16-7-6-14(8)11(15)10(13)12(3,4)5/h8-10H,6-7,13H2,1-5H3. The van der Waals surface area contributed by atoms with Crippen LogP contribution in [0.3, 0.4) is 0 Å². The molecule has 3 atom stereocenters. The molecule has 0 bridgehead atoms. The molecule has 1 amide bonds. The van der Waals surface area contributed by atoms with Gasteiger partial charge in [0.2, 0.25) is 5.91 Å². The first kappa shape index (κ1) is 13.8. The average Bonchev–Trinajstić information content (AvgIpc) is 2.18. The number of carbonyl (C=O) groups excluding carboxylic acids is 1. The third-order valence-corrected chi connectivity index (χ3v) is 4.70. The molecule has 0 saturated carbocycles. The maximum atomic E-state index is 12.3. The summed E-state index contributed by atoms with van der Waals surface area (Å²) < 4.78 is 0. The second-order valence-corrected chi connectivity index (χ2v) is 7.18. The molecule has 0 radical (unpaired) electrons. The van der Waals surface area contributed by atoms with Gasteiger partial charge < -0.3 is 10.6 Å². The van der Waals surface area contributed by atoms with Crippen LogP contribution in [0.4, 0.5) is 0 Å². The van der Waals surface area contributed by atoms with Crippen molar-refractivity contribution in [3.63, 3.8) is 0 Å². The molecule has 4 heteroatoms. The molecule has 2 N–H and O–H groups in total. The molecule has 0 spiro atoms. The van der Waals surface area contributed by atoms with Crippen molar-refractivity contribution in [2.75, 3.05) is 12.3 Å². The number of hydrogen-bond donors (Lipinski definition) is 1. The van der Waals surface area contributed by atoms with E-state index in [-0.39, 0.29) is 11.3 Å². The van der Waals surface area contributed by atoms with Crippen LogP contribution in [0.1, 0.15) is 34.6 Å². The van der Waals surface area contributed by atoms with Gasteiger partial charge in [0.05, 0.1) is 6.04 Å². The molecule has 1 aliphatic heterocycles. The molecule has 1 fully saturated rings. The number of nitrogens with two attached hydrogens (primary N) is 1. The van der Waals surface area contributed by atoms with Crippen molar-refractivity contribution in [2.24, 2.45) is 11.1 Å². The van der Waals surface area contributed by atoms with Gasteiger partial charge in [0.1, 0.15) is 0 Å². The normalized spacial score (nSPS) is 29.0. The van der Waals surface area contributed by atoms with Gasteiger partial charge in [0.25, 0.3) is 0 Å². The Bertz CT molecular complexity index is 262. The minimum Gasteiger partial charge on any atom is -0.337 e. The van der Waals surface area contributed by atoms with Crippen LogP contribution in [0, 0.1) is 5.41 Å². The first-order valence-electron chi connectivity index (χ1n) is 5.93. The molecular weight excluding hydrogens is 220 g/mol. The van der Waals surface area contributed by atoms with Crippen molar-refractivity contribution >= 4 is 17.7 Å². The van der Waals surface area contributed by atoms with Crippen LogP contribution in [0.5, 0.6) is 0 Å². The van der Waals surface area contributed by atoms with Gasteiger partial charge in [-0.2, -0.15) is 11.8 Å². The van der Waals surface area contributed by atoms with Gasteiger partial charge in [0, 0.05) is 23.6 Å². The lowest BCUT2D eigenvalue weighted by Gasteiger charge is -2.40. The molecule has 3 nitrogen and oxygen atoms in total. The highest BCUT2D eigenvalue weighted by molar-refractivity contribution is 8.00. The predicted octanol–water partition coefficient (Wildman–Crippen LogP) is 1.71. The fourth-order valence-corrected chi connectivity index (χ4v) is 2.89. The molecule has 1 heterocycles. The van der Waals surface area contributed by atoms with Crippen molar-refractivity contribution in [1.29, 1.82) is 0 Å². The van der Waals surface area contributed by atoms with E-state index in [9.17, 15) is 4.79 Å². The first-order chi connectivity index (χ1) is 7.25. The summed E-state index contributed by atoms with van der Waals surface area (Å²) in [4.78, 5) is 14.2.